The number of rotatable bonds is 8. The van der Waals surface area contributed by atoms with Gasteiger partial charge in [0, 0.05) is 22.2 Å². The van der Waals surface area contributed by atoms with Crippen molar-refractivity contribution in [2.24, 2.45) is 0 Å². The monoisotopic (exact) mass is 547 g/mol. The van der Waals surface area contributed by atoms with Crippen LogP contribution in [0.25, 0.3) is 0 Å². The average molecular weight is 548 g/mol. The standard InChI is InChI=1S/C28H26ClN5O3S/c1-17-24(26(35)31-21-10-14-23(37-3)15-11-21)25(19-6-12-22(36-2)13-7-19)34-27(30-17)32-28(33-34)38-16-18-4-8-20(29)9-5-18/h4-15,25H,16H2,1-3H3,(H,31,35)(H,30,32,33). The smallest absolute Gasteiger partial charge is 0.255 e. The highest BCUT2D eigenvalue weighted by atomic mass is 35.5. The van der Waals surface area contributed by atoms with Gasteiger partial charge in [-0.25, -0.2) is 4.68 Å². The highest BCUT2D eigenvalue weighted by Crippen LogP contribution is 2.37. The van der Waals surface area contributed by atoms with Crippen LogP contribution < -0.4 is 20.1 Å². The highest BCUT2D eigenvalue weighted by Gasteiger charge is 2.34. The normalized spacial score (nSPS) is 14.5. The van der Waals surface area contributed by atoms with Crippen molar-refractivity contribution in [1.82, 2.24) is 14.8 Å². The molecular weight excluding hydrogens is 522 g/mol. The number of aromatic nitrogens is 3. The first kappa shape index (κ1) is 25.7. The van der Waals surface area contributed by atoms with E-state index in [4.69, 9.17) is 31.2 Å². The minimum Gasteiger partial charge on any atom is -0.497 e. The van der Waals surface area contributed by atoms with Gasteiger partial charge in [0.2, 0.25) is 11.1 Å². The molecule has 1 aliphatic heterocycles. The Morgan fingerprint density at radius 1 is 1.00 bits per heavy atom. The molecule has 1 atom stereocenters. The fraction of sp³-hybridized carbons (Fsp3) is 0.179. The van der Waals surface area contributed by atoms with Gasteiger partial charge in [0.15, 0.2) is 0 Å². The quantitative estimate of drug-likeness (QED) is 0.255. The van der Waals surface area contributed by atoms with Crippen LogP contribution in [0.3, 0.4) is 0 Å². The number of hydrogen-bond donors (Lipinski definition) is 2. The van der Waals surface area contributed by atoms with E-state index >= 15 is 0 Å². The number of thioether (sulfide) groups is 1. The van der Waals surface area contributed by atoms with E-state index in [0.717, 1.165) is 16.9 Å². The van der Waals surface area contributed by atoms with Crippen molar-refractivity contribution in [1.29, 1.82) is 0 Å². The first-order valence-corrected chi connectivity index (χ1v) is 13.2. The summed E-state index contributed by atoms with van der Waals surface area (Å²) in [6.45, 7) is 1.87. The molecule has 0 aliphatic carbocycles. The summed E-state index contributed by atoms with van der Waals surface area (Å²) in [6, 6.07) is 22.0. The Labute approximate surface area is 230 Å². The van der Waals surface area contributed by atoms with Crippen molar-refractivity contribution >= 4 is 40.9 Å². The predicted octanol–water partition coefficient (Wildman–Crippen LogP) is 6.17. The molecule has 0 saturated heterocycles. The molecular formula is C28H26ClN5O3S. The molecule has 0 spiro atoms. The van der Waals surface area contributed by atoms with Crippen molar-refractivity contribution in [3.8, 4) is 11.5 Å². The van der Waals surface area contributed by atoms with Crippen LogP contribution in [0.2, 0.25) is 5.02 Å². The van der Waals surface area contributed by atoms with Crippen LogP contribution in [0.5, 0.6) is 11.5 Å². The maximum absolute atomic E-state index is 13.7. The van der Waals surface area contributed by atoms with Gasteiger partial charge in [0.1, 0.15) is 17.5 Å². The van der Waals surface area contributed by atoms with E-state index in [1.807, 2.05) is 55.5 Å². The van der Waals surface area contributed by atoms with Crippen molar-refractivity contribution in [3.63, 3.8) is 0 Å². The summed E-state index contributed by atoms with van der Waals surface area (Å²) in [7, 11) is 3.23. The second-order valence-electron chi connectivity index (χ2n) is 8.60. The lowest BCUT2D eigenvalue weighted by molar-refractivity contribution is -0.113. The summed E-state index contributed by atoms with van der Waals surface area (Å²) in [5.41, 5.74) is 3.89. The van der Waals surface area contributed by atoms with Crippen LogP contribution in [-0.2, 0) is 10.5 Å². The number of nitrogens with one attached hydrogen (secondary N) is 2. The summed E-state index contributed by atoms with van der Waals surface area (Å²) in [6.07, 6.45) is 0. The first-order chi connectivity index (χ1) is 18.4. The zero-order valence-corrected chi connectivity index (χ0v) is 22.6. The van der Waals surface area contributed by atoms with Gasteiger partial charge in [0.05, 0.1) is 19.8 Å². The minimum absolute atomic E-state index is 0.238. The summed E-state index contributed by atoms with van der Waals surface area (Å²) >= 11 is 7.53. The van der Waals surface area contributed by atoms with Crippen LogP contribution in [-0.4, -0.2) is 34.9 Å². The van der Waals surface area contributed by atoms with Gasteiger partial charge in [-0.15, -0.1) is 5.10 Å². The predicted molar refractivity (Wildman–Crippen MR) is 150 cm³/mol. The maximum Gasteiger partial charge on any atom is 0.255 e. The molecule has 194 valence electrons. The number of allylic oxidation sites excluding steroid dienone is 1. The molecule has 4 aromatic rings. The van der Waals surface area contributed by atoms with Crippen molar-refractivity contribution in [3.05, 3.63) is 100 Å². The third-order valence-corrected chi connectivity index (χ3v) is 7.30. The second-order valence-corrected chi connectivity index (χ2v) is 9.98. The third kappa shape index (κ3) is 5.49. The zero-order valence-electron chi connectivity index (χ0n) is 21.1. The first-order valence-electron chi connectivity index (χ1n) is 11.9. The molecule has 1 unspecified atom stereocenters. The van der Waals surface area contributed by atoms with E-state index in [-0.39, 0.29) is 5.91 Å². The van der Waals surface area contributed by atoms with Crippen LogP contribution in [0.15, 0.2) is 89.2 Å². The molecule has 10 heteroatoms. The Kier molecular flexibility index (Phi) is 7.57. The molecule has 1 aliphatic rings. The Morgan fingerprint density at radius 2 is 1.63 bits per heavy atom. The number of methoxy groups -OCH3 is 2. The topological polar surface area (TPSA) is 90.3 Å². The van der Waals surface area contributed by atoms with E-state index in [1.165, 1.54) is 11.8 Å². The van der Waals surface area contributed by atoms with E-state index in [1.54, 1.807) is 43.2 Å². The number of nitrogens with zero attached hydrogens (tertiary/aromatic N) is 3. The van der Waals surface area contributed by atoms with Gasteiger partial charge in [-0.3, -0.25) is 4.79 Å². The SMILES string of the molecule is COc1ccc(NC(=O)C2=C(C)Nc3nc(SCc4ccc(Cl)cc4)nn3C2c2ccc(OC)cc2)cc1. The Hall–Kier alpha value is -3.95. The number of fused-ring (bicyclic) bond motifs is 1. The van der Waals surface area contributed by atoms with Gasteiger partial charge < -0.3 is 20.1 Å². The molecule has 0 bridgehead atoms. The lowest BCUT2D eigenvalue weighted by Crippen LogP contribution is -2.31. The maximum atomic E-state index is 13.7. The Balaban J connectivity index is 1.46. The molecule has 5 rings (SSSR count). The molecule has 2 N–H and O–H groups in total. The second kappa shape index (κ2) is 11.2. The number of carbonyl (C=O) groups excluding carboxylic acids is 1. The number of halogens is 1. The molecule has 8 nitrogen and oxygen atoms in total. The summed E-state index contributed by atoms with van der Waals surface area (Å²) in [5.74, 6) is 2.46. The van der Waals surface area contributed by atoms with Gasteiger partial charge in [-0.05, 0) is 66.6 Å². The molecule has 0 radical (unpaired) electrons. The molecule has 0 fully saturated rings. The zero-order chi connectivity index (χ0) is 26.6. The number of hydrogen-bond acceptors (Lipinski definition) is 7. The molecule has 2 heterocycles. The van der Waals surface area contributed by atoms with Crippen molar-refractivity contribution in [2.45, 2.75) is 23.9 Å². The largest absolute Gasteiger partial charge is 0.497 e. The minimum atomic E-state index is -0.493. The molecule has 38 heavy (non-hydrogen) atoms. The molecule has 1 aromatic heterocycles. The lowest BCUT2D eigenvalue weighted by Gasteiger charge is -2.28. The molecule has 1 amide bonds. The van der Waals surface area contributed by atoms with Crippen LogP contribution in [0, 0.1) is 0 Å². The van der Waals surface area contributed by atoms with Crippen LogP contribution >= 0.6 is 23.4 Å². The van der Waals surface area contributed by atoms with Gasteiger partial charge in [-0.2, -0.15) is 4.98 Å². The van der Waals surface area contributed by atoms with Crippen LogP contribution in [0.1, 0.15) is 24.1 Å². The number of amides is 1. The fourth-order valence-electron chi connectivity index (χ4n) is 4.18. The van der Waals surface area contributed by atoms with E-state index in [0.29, 0.717) is 44.6 Å². The molecule has 0 saturated carbocycles. The van der Waals surface area contributed by atoms with Gasteiger partial charge in [-0.1, -0.05) is 47.6 Å². The average Bonchev–Trinajstić information content (AvgIpc) is 3.34. The van der Waals surface area contributed by atoms with Gasteiger partial charge in [0.25, 0.3) is 5.91 Å². The number of anilines is 2. The molecule has 3 aromatic carbocycles. The van der Waals surface area contributed by atoms with Gasteiger partial charge >= 0.3 is 0 Å². The number of benzene rings is 3. The summed E-state index contributed by atoms with van der Waals surface area (Å²) < 4.78 is 12.3. The fourth-order valence-corrected chi connectivity index (χ4v) is 5.09. The number of carbonyl (C=O) groups is 1. The van der Waals surface area contributed by atoms with E-state index in [2.05, 4.69) is 10.6 Å². The number of ether oxygens (including phenoxy) is 2. The summed E-state index contributed by atoms with van der Waals surface area (Å²) in [5, 5.41) is 12.4. The van der Waals surface area contributed by atoms with Crippen LogP contribution in [0.4, 0.5) is 11.6 Å². The van der Waals surface area contributed by atoms with Crippen molar-refractivity contribution in [2.75, 3.05) is 24.9 Å². The van der Waals surface area contributed by atoms with E-state index in [9.17, 15) is 4.79 Å². The highest BCUT2D eigenvalue weighted by molar-refractivity contribution is 7.98. The van der Waals surface area contributed by atoms with E-state index < -0.39 is 6.04 Å². The Morgan fingerprint density at radius 3 is 2.26 bits per heavy atom. The Bertz CT molecular complexity index is 1470. The summed E-state index contributed by atoms with van der Waals surface area (Å²) in [4.78, 5) is 18.4. The third-order valence-electron chi connectivity index (χ3n) is 6.14. The lowest BCUT2D eigenvalue weighted by atomic mass is 9.95. The van der Waals surface area contributed by atoms with Crippen molar-refractivity contribution < 1.29 is 14.3 Å².